The second-order valence-electron chi connectivity index (χ2n) is 6.12. The highest BCUT2D eigenvalue weighted by Gasteiger charge is 2.32. The van der Waals surface area contributed by atoms with Gasteiger partial charge in [-0.1, -0.05) is 18.6 Å². The summed E-state index contributed by atoms with van der Waals surface area (Å²) in [5.74, 6) is 1.10. The van der Waals surface area contributed by atoms with Crippen molar-refractivity contribution in [2.45, 2.75) is 31.8 Å². The molecule has 1 aliphatic carbocycles. The van der Waals surface area contributed by atoms with E-state index in [2.05, 4.69) is 5.32 Å². The molecular weight excluding hydrogens is 280 g/mol. The second-order valence-corrected chi connectivity index (χ2v) is 6.12. The number of carbonyl (C=O) groups is 1. The van der Waals surface area contributed by atoms with Crippen molar-refractivity contribution in [2.75, 3.05) is 25.1 Å². The largest absolute Gasteiger partial charge is 0.486 e. The highest BCUT2D eigenvalue weighted by Crippen LogP contribution is 2.33. The third-order valence-corrected chi connectivity index (χ3v) is 4.63. The lowest BCUT2D eigenvalue weighted by Gasteiger charge is -2.20. The smallest absolute Gasteiger partial charge is 0.227 e. The van der Waals surface area contributed by atoms with Crippen molar-refractivity contribution in [1.29, 1.82) is 0 Å². The fraction of sp³-hybridized carbons (Fsp3) is 0.588. The van der Waals surface area contributed by atoms with Gasteiger partial charge in [-0.25, -0.2) is 0 Å². The zero-order valence-electron chi connectivity index (χ0n) is 12.8. The Hall–Kier alpha value is -1.59. The number of nitrogens with two attached hydrogens (primary N) is 1. The van der Waals surface area contributed by atoms with Crippen molar-refractivity contribution >= 4 is 11.6 Å². The summed E-state index contributed by atoms with van der Waals surface area (Å²) in [5.41, 5.74) is 6.51. The number of ether oxygens (including phenoxy) is 2. The molecule has 3 N–H and O–H groups in total. The lowest BCUT2D eigenvalue weighted by Crippen LogP contribution is -2.30. The van der Waals surface area contributed by atoms with E-state index in [1.54, 1.807) is 0 Å². The van der Waals surface area contributed by atoms with E-state index in [0.717, 1.165) is 38.0 Å². The molecule has 1 aromatic rings. The third kappa shape index (κ3) is 3.42. The number of nitrogens with one attached hydrogen (secondary N) is 1. The molecule has 22 heavy (non-hydrogen) atoms. The summed E-state index contributed by atoms with van der Waals surface area (Å²) < 4.78 is 11.3. The number of amides is 1. The molecule has 5 heteroatoms. The lowest BCUT2D eigenvalue weighted by molar-refractivity contribution is -0.120. The van der Waals surface area contributed by atoms with Gasteiger partial charge in [0.15, 0.2) is 0 Å². The van der Waals surface area contributed by atoms with E-state index in [-0.39, 0.29) is 17.9 Å². The molecule has 120 valence electrons. The van der Waals surface area contributed by atoms with E-state index in [1.807, 2.05) is 24.3 Å². The predicted octanol–water partition coefficient (Wildman–Crippen LogP) is 2.17. The Labute approximate surface area is 131 Å². The van der Waals surface area contributed by atoms with Crippen LogP contribution in [0.15, 0.2) is 24.3 Å². The van der Waals surface area contributed by atoms with Gasteiger partial charge in [-0.15, -0.1) is 0 Å². The summed E-state index contributed by atoms with van der Waals surface area (Å²) in [7, 11) is 0. The summed E-state index contributed by atoms with van der Waals surface area (Å²) in [4.78, 5) is 12.5. The fourth-order valence-electron chi connectivity index (χ4n) is 3.35. The number of carbonyl (C=O) groups excluding carboxylic acids is 1. The van der Waals surface area contributed by atoms with Gasteiger partial charge in [0.2, 0.25) is 5.91 Å². The van der Waals surface area contributed by atoms with Crippen molar-refractivity contribution in [2.24, 2.45) is 17.6 Å². The number of hydrogen-bond acceptors (Lipinski definition) is 4. The molecular formula is C17H24N2O3. The van der Waals surface area contributed by atoms with Crippen LogP contribution in [0, 0.1) is 11.8 Å². The maximum absolute atomic E-state index is 12.5. The van der Waals surface area contributed by atoms with Gasteiger partial charge in [-0.2, -0.15) is 0 Å². The van der Waals surface area contributed by atoms with Crippen LogP contribution >= 0.6 is 0 Å². The Kier molecular flexibility index (Phi) is 4.95. The molecule has 1 saturated carbocycles. The van der Waals surface area contributed by atoms with Crippen molar-refractivity contribution in [3.63, 3.8) is 0 Å². The number of benzene rings is 1. The molecule has 0 aromatic heterocycles. The number of para-hydroxylation sites is 2. The predicted molar refractivity (Wildman–Crippen MR) is 84.8 cm³/mol. The molecule has 1 saturated heterocycles. The fourth-order valence-corrected chi connectivity index (χ4v) is 3.35. The zero-order valence-corrected chi connectivity index (χ0v) is 12.8. The molecule has 1 aliphatic heterocycles. The van der Waals surface area contributed by atoms with Crippen molar-refractivity contribution in [3.05, 3.63) is 24.3 Å². The van der Waals surface area contributed by atoms with Gasteiger partial charge in [0, 0.05) is 12.3 Å². The van der Waals surface area contributed by atoms with E-state index < -0.39 is 0 Å². The van der Waals surface area contributed by atoms with Crippen LogP contribution in [0.1, 0.15) is 25.7 Å². The molecule has 2 aliphatic rings. The van der Waals surface area contributed by atoms with Gasteiger partial charge < -0.3 is 20.5 Å². The Balaban J connectivity index is 1.67. The van der Waals surface area contributed by atoms with Crippen LogP contribution in [-0.2, 0) is 9.53 Å². The molecule has 1 unspecified atom stereocenters. The summed E-state index contributed by atoms with van der Waals surface area (Å²) in [6, 6.07) is 7.60. The van der Waals surface area contributed by atoms with Crippen LogP contribution in [0.25, 0.3) is 0 Å². The summed E-state index contributed by atoms with van der Waals surface area (Å²) >= 11 is 0. The van der Waals surface area contributed by atoms with Crippen LogP contribution in [0.5, 0.6) is 5.75 Å². The first kappa shape index (κ1) is 15.3. The lowest BCUT2D eigenvalue weighted by atomic mass is 9.95. The zero-order chi connectivity index (χ0) is 15.4. The van der Waals surface area contributed by atoms with Crippen molar-refractivity contribution < 1.29 is 14.3 Å². The van der Waals surface area contributed by atoms with Crippen molar-refractivity contribution in [3.8, 4) is 5.75 Å². The molecule has 1 amide bonds. The van der Waals surface area contributed by atoms with Gasteiger partial charge in [-0.05, 0) is 37.4 Å². The first-order chi connectivity index (χ1) is 10.8. The maximum Gasteiger partial charge on any atom is 0.227 e. The van der Waals surface area contributed by atoms with Crippen LogP contribution in [-0.4, -0.2) is 31.8 Å². The average molecular weight is 304 g/mol. The van der Waals surface area contributed by atoms with Gasteiger partial charge in [-0.3, -0.25) is 4.79 Å². The summed E-state index contributed by atoms with van der Waals surface area (Å²) in [6.45, 7) is 1.93. The second kappa shape index (κ2) is 7.11. The molecule has 1 heterocycles. The summed E-state index contributed by atoms with van der Waals surface area (Å²) in [6.07, 6.45) is 4.01. The SMILES string of the molecule is NC[C@H]1CCC[C@H]1C(=O)Nc1ccccc1OC1CCOC1. The molecule has 2 fully saturated rings. The molecule has 0 radical (unpaired) electrons. The van der Waals surface area contributed by atoms with Gasteiger partial charge in [0.05, 0.1) is 18.9 Å². The van der Waals surface area contributed by atoms with Crippen LogP contribution < -0.4 is 15.8 Å². The van der Waals surface area contributed by atoms with Crippen LogP contribution in [0.3, 0.4) is 0 Å². The molecule has 0 bridgehead atoms. The Morgan fingerprint density at radius 2 is 2.18 bits per heavy atom. The first-order valence-corrected chi connectivity index (χ1v) is 8.12. The van der Waals surface area contributed by atoms with E-state index in [1.165, 1.54) is 0 Å². The van der Waals surface area contributed by atoms with Crippen molar-refractivity contribution in [1.82, 2.24) is 0 Å². The van der Waals surface area contributed by atoms with Crippen LogP contribution in [0.4, 0.5) is 5.69 Å². The minimum absolute atomic E-state index is 0.0212. The van der Waals surface area contributed by atoms with Gasteiger partial charge in [0.25, 0.3) is 0 Å². The third-order valence-electron chi connectivity index (χ3n) is 4.63. The minimum atomic E-state index is 0.0212. The van der Waals surface area contributed by atoms with E-state index in [9.17, 15) is 4.79 Å². The van der Waals surface area contributed by atoms with Gasteiger partial charge >= 0.3 is 0 Å². The average Bonchev–Trinajstić information content (AvgIpc) is 3.20. The monoisotopic (exact) mass is 304 g/mol. The highest BCUT2D eigenvalue weighted by atomic mass is 16.5. The Morgan fingerprint density at radius 3 is 2.95 bits per heavy atom. The van der Waals surface area contributed by atoms with E-state index in [0.29, 0.717) is 24.8 Å². The maximum atomic E-state index is 12.5. The number of rotatable bonds is 5. The molecule has 3 rings (SSSR count). The minimum Gasteiger partial charge on any atom is -0.486 e. The topological polar surface area (TPSA) is 73.6 Å². The van der Waals surface area contributed by atoms with E-state index >= 15 is 0 Å². The van der Waals surface area contributed by atoms with Crippen LogP contribution in [0.2, 0.25) is 0 Å². The molecule has 0 spiro atoms. The molecule has 3 atom stereocenters. The van der Waals surface area contributed by atoms with Gasteiger partial charge in [0.1, 0.15) is 11.9 Å². The highest BCUT2D eigenvalue weighted by molar-refractivity contribution is 5.94. The normalized spacial score (nSPS) is 27.8. The van der Waals surface area contributed by atoms with E-state index in [4.69, 9.17) is 15.2 Å². The standard InChI is InChI=1S/C17H24N2O3/c18-10-12-4-3-5-14(12)17(20)19-15-6-1-2-7-16(15)22-13-8-9-21-11-13/h1-2,6-7,12-14H,3-5,8-11,18H2,(H,19,20)/t12-,13?,14-/m1/s1. The number of anilines is 1. The Bertz CT molecular complexity index is 514. The quantitative estimate of drug-likeness (QED) is 0.874. The summed E-state index contributed by atoms with van der Waals surface area (Å²) in [5, 5.41) is 3.03. The molecule has 5 nitrogen and oxygen atoms in total. The number of hydrogen-bond donors (Lipinski definition) is 2. The molecule has 1 aromatic carbocycles. The Morgan fingerprint density at radius 1 is 1.32 bits per heavy atom. The first-order valence-electron chi connectivity index (χ1n) is 8.12.